The molecule has 94 valence electrons. The topological polar surface area (TPSA) is 12.4 Å². The van der Waals surface area contributed by atoms with Gasteiger partial charge in [-0.15, -0.1) is 0 Å². The van der Waals surface area contributed by atoms with Gasteiger partial charge < -0.3 is 0 Å². The van der Waals surface area contributed by atoms with Gasteiger partial charge in [-0.05, 0) is 37.1 Å². The Labute approximate surface area is 111 Å². The van der Waals surface area contributed by atoms with E-state index < -0.39 is 0 Å². The highest BCUT2D eigenvalue weighted by Gasteiger charge is 2.01. The number of nitrogens with zero attached hydrogens (tertiary/aromatic N) is 1. The van der Waals surface area contributed by atoms with Crippen LogP contribution in [0.15, 0.2) is 90.7 Å². The Bertz CT molecular complexity index is 454. The molecule has 0 saturated heterocycles. The minimum Gasteiger partial charge on any atom is -0.248 e. The number of rotatable bonds is 7. The second kappa shape index (κ2) is 8.94. The van der Waals surface area contributed by atoms with Gasteiger partial charge in [-0.3, -0.25) is 0 Å². The van der Waals surface area contributed by atoms with Crippen LogP contribution in [0.2, 0.25) is 0 Å². The van der Waals surface area contributed by atoms with Gasteiger partial charge in [0.1, 0.15) is 0 Å². The monoisotopic (exact) mass is 239 g/mol. The second-order valence-corrected chi connectivity index (χ2v) is 3.61. The first-order chi connectivity index (χ1) is 8.60. The fraction of sp³-hybridized carbons (Fsp3) is 0.118. The van der Waals surface area contributed by atoms with E-state index >= 15 is 0 Å². The molecule has 1 heteroatoms. The van der Waals surface area contributed by atoms with Crippen molar-refractivity contribution in [1.29, 1.82) is 0 Å². The molecule has 18 heavy (non-hydrogen) atoms. The predicted octanol–water partition coefficient (Wildman–Crippen LogP) is 4.95. The van der Waals surface area contributed by atoms with Crippen molar-refractivity contribution in [2.75, 3.05) is 0 Å². The van der Waals surface area contributed by atoms with E-state index in [2.05, 4.69) is 31.3 Å². The lowest BCUT2D eigenvalue weighted by Gasteiger charge is -2.05. The molecule has 0 rings (SSSR count). The van der Waals surface area contributed by atoms with Gasteiger partial charge in [-0.2, -0.15) is 0 Å². The van der Waals surface area contributed by atoms with Crippen LogP contribution in [0, 0.1) is 0 Å². The molecule has 0 N–H and O–H groups in total. The summed E-state index contributed by atoms with van der Waals surface area (Å²) in [6, 6.07) is 0. The van der Waals surface area contributed by atoms with E-state index in [-0.39, 0.29) is 0 Å². The van der Waals surface area contributed by atoms with Gasteiger partial charge in [0.2, 0.25) is 0 Å². The fourth-order valence-electron chi connectivity index (χ4n) is 1.24. The normalized spacial score (nSPS) is 13.6. The van der Waals surface area contributed by atoms with Crippen LogP contribution in [0.1, 0.15) is 13.8 Å². The molecule has 0 amide bonds. The third-order valence-corrected chi connectivity index (χ3v) is 2.17. The zero-order valence-electron chi connectivity index (χ0n) is 11.3. The largest absolute Gasteiger partial charge is 0.248 e. The summed E-state index contributed by atoms with van der Waals surface area (Å²) in [6.07, 6.45) is 12.7. The van der Waals surface area contributed by atoms with Crippen molar-refractivity contribution in [3.05, 3.63) is 85.7 Å². The fourth-order valence-corrected chi connectivity index (χ4v) is 1.24. The highest BCUT2D eigenvalue weighted by atomic mass is 14.8. The lowest BCUT2D eigenvalue weighted by Crippen LogP contribution is -1.96. The molecule has 0 saturated carbocycles. The van der Waals surface area contributed by atoms with Crippen molar-refractivity contribution in [3.63, 3.8) is 0 Å². The zero-order chi connectivity index (χ0) is 14.0. The molecule has 0 aliphatic rings. The molecule has 0 spiro atoms. The quantitative estimate of drug-likeness (QED) is 0.440. The zero-order valence-corrected chi connectivity index (χ0v) is 11.3. The Morgan fingerprint density at radius 3 is 2.17 bits per heavy atom. The lowest BCUT2D eigenvalue weighted by molar-refractivity contribution is 1.32. The van der Waals surface area contributed by atoms with E-state index in [1.807, 2.05) is 38.2 Å². The molecule has 0 aliphatic carbocycles. The number of hydrogen-bond donors (Lipinski definition) is 0. The maximum Gasteiger partial charge on any atom is 0.0705 e. The number of allylic oxidation sites excluding steroid dienone is 8. The Morgan fingerprint density at radius 1 is 1.11 bits per heavy atom. The minimum atomic E-state index is 0.809. The van der Waals surface area contributed by atoms with Crippen molar-refractivity contribution in [2.45, 2.75) is 13.8 Å². The lowest BCUT2D eigenvalue weighted by atomic mass is 10.1. The van der Waals surface area contributed by atoms with E-state index in [0.717, 1.165) is 22.6 Å². The summed E-state index contributed by atoms with van der Waals surface area (Å²) in [5, 5.41) is 0. The standard InChI is InChI=1S/C17H21N/c1-7-11-13-16(14(5)6)18-17(12-8-2)15(9-3)10-4/h7-13H,1-3,5H2,4,6H3/b13-11-,15-10-,17-12+,18-16+. The highest BCUT2D eigenvalue weighted by molar-refractivity contribution is 6.08. The molecule has 0 aromatic carbocycles. The molecule has 0 aromatic heterocycles. The molecule has 0 aliphatic heterocycles. The molecule has 0 fully saturated rings. The number of aliphatic imine (C=N–C) groups is 1. The summed E-state index contributed by atoms with van der Waals surface area (Å²) in [4.78, 5) is 4.58. The first-order valence-electron chi connectivity index (χ1n) is 5.76. The van der Waals surface area contributed by atoms with Crippen LogP contribution in [0.4, 0.5) is 0 Å². The summed E-state index contributed by atoms with van der Waals surface area (Å²) in [5.41, 5.74) is 3.47. The van der Waals surface area contributed by atoms with Crippen molar-refractivity contribution in [2.24, 2.45) is 4.99 Å². The van der Waals surface area contributed by atoms with Crippen LogP contribution in [0.25, 0.3) is 0 Å². The molecular formula is C17H21N. The Hall–Kier alpha value is -2.15. The van der Waals surface area contributed by atoms with Gasteiger partial charge >= 0.3 is 0 Å². The second-order valence-electron chi connectivity index (χ2n) is 3.61. The van der Waals surface area contributed by atoms with Gasteiger partial charge in [-0.1, -0.05) is 56.7 Å². The van der Waals surface area contributed by atoms with E-state index in [1.165, 1.54) is 0 Å². The molecule has 1 nitrogen and oxygen atoms in total. The third-order valence-electron chi connectivity index (χ3n) is 2.17. The maximum atomic E-state index is 4.58. The Balaban J connectivity index is 5.63. The summed E-state index contributed by atoms with van der Waals surface area (Å²) in [5.74, 6) is 0. The molecule has 0 aromatic rings. The van der Waals surface area contributed by atoms with Gasteiger partial charge in [0.15, 0.2) is 0 Å². The predicted molar refractivity (Wildman–Crippen MR) is 83.8 cm³/mol. The average molecular weight is 239 g/mol. The van der Waals surface area contributed by atoms with Crippen LogP contribution in [0.5, 0.6) is 0 Å². The summed E-state index contributed by atoms with van der Waals surface area (Å²) >= 11 is 0. The van der Waals surface area contributed by atoms with Crippen LogP contribution in [-0.2, 0) is 0 Å². The van der Waals surface area contributed by atoms with Gasteiger partial charge in [0, 0.05) is 0 Å². The van der Waals surface area contributed by atoms with Crippen molar-refractivity contribution < 1.29 is 0 Å². The molecular weight excluding hydrogens is 218 g/mol. The van der Waals surface area contributed by atoms with E-state index in [1.54, 1.807) is 18.2 Å². The van der Waals surface area contributed by atoms with Crippen molar-refractivity contribution >= 4 is 5.71 Å². The molecule has 0 heterocycles. The van der Waals surface area contributed by atoms with Crippen LogP contribution in [0.3, 0.4) is 0 Å². The minimum absolute atomic E-state index is 0.809. The van der Waals surface area contributed by atoms with Crippen molar-refractivity contribution in [3.8, 4) is 0 Å². The summed E-state index contributed by atoms with van der Waals surface area (Å²) in [7, 11) is 0. The molecule has 0 bridgehead atoms. The average Bonchev–Trinajstić information content (AvgIpc) is 2.35. The summed E-state index contributed by atoms with van der Waals surface area (Å²) in [6.45, 7) is 18.9. The Kier molecular flexibility index (Phi) is 7.87. The summed E-state index contributed by atoms with van der Waals surface area (Å²) < 4.78 is 0. The number of hydrogen-bond acceptors (Lipinski definition) is 1. The van der Waals surface area contributed by atoms with Gasteiger partial charge in [0.25, 0.3) is 0 Å². The third kappa shape index (κ3) is 5.26. The molecule has 0 radical (unpaired) electrons. The molecule has 0 unspecified atom stereocenters. The molecule has 0 atom stereocenters. The SMILES string of the molecule is C=C\C=C/C(=N\C(=C\C=C)C(\C=C)=C/C)C(=C)C. The Morgan fingerprint density at radius 2 is 1.78 bits per heavy atom. The van der Waals surface area contributed by atoms with Crippen LogP contribution < -0.4 is 0 Å². The van der Waals surface area contributed by atoms with E-state index in [0.29, 0.717) is 0 Å². The van der Waals surface area contributed by atoms with Crippen LogP contribution in [-0.4, -0.2) is 5.71 Å². The first-order valence-corrected chi connectivity index (χ1v) is 5.76. The van der Waals surface area contributed by atoms with E-state index in [9.17, 15) is 0 Å². The maximum absolute atomic E-state index is 4.58. The van der Waals surface area contributed by atoms with Crippen molar-refractivity contribution in [1.82, 2.24) is 0 Å². The first kappa shape index (κ1) is 15.9. The smallest absolute Gasteiger partial charge is 0.0705 e. The van der Waals surface area contributed by atoms with Gasteiger partial charge in [0.05, 0.1) is 11.4 Å². The van der Waals surface area contributed by atoms with Gasteiger partial charge in [-0.25, -0.2) is 4.99 Å². The van der Waals surface area contributed by atoms with E-state index in [4.69, 9.17) is 0 Å². The highest BCUT2D eigenvalue weighted by Crippen LogP contribution is 2.15. The van der Waals surface area contributed by atoms with Crippen LogP contribution >= 0.6 is 0 Å².